The lowest BCUT2D eigenvalue weighted by Crippen LogP contribution is -2.42. The molecule has 5 heteroatoms. The highest BCUT2D eigenvalue weighted by atomic mass is 16.2. The van der Waals surface area contributed by atoms with Gasteiger partial charge in [-0.3, -0.25) is 4.79 Å². The molecule has 1 atom stereocenters. The van der Waals surface area contributed by atoms with Crippen molar-refractivity contribution in [3.8, 4) is 5.69 Å². The molecule has 1 saturated heterocycles. The molecule has 1 fully saturated rings. The van der Waals surface area contributed by atoms with Gasteiger partial charge in [-0.1, -0.05) is 17.7 Å². The number of rotatable bonds is 3. The summed E-state index contributed by atoms with van der Waals surface area (Å²) >= 11 is 0. The van der Waals surface area contributed by atoms with Gasteiger partial charge in [-0.15, -0.1) is 0 Å². The highest BCUT2D eigenvalue weighted by Gasteiger charge is 2.32. The van der Waals surface area contributed by atoms with Crippen molar-refractivity contribution in [1.82, 2.24) is 14.7 Å². The number of aryl methyl sites for hydroxylation is 1. The quantitative estimate of drug-likeness (QED) is 0.924. The Morgan fingerprint density at radius 1 is 1.19 bits per heavy atom. The number of piperidine rings is 1. The van der Waals surface area contributed by atoms with Gasteiger partial charge in [-0.25, -0.2) is 4.68 Å². The molecule has 0 bridgehead atoms. The van der Waals surface area contributed by atoms with E-state index in [1.54, 1.807) is 0 Å². The first-order valence-corrected chi connectivity index (χ1v) is 9.77. The Balaban J connectivity index is 1.60. The van der Waals surface area contributed by atoms with E-state index in [1.165, 1.54) is 11.3 Å². The van der Waals surface area contributed by atoms with Crippen molar-refractivity contribution >= 4 is 5.91 Å². The molecule has 2 aromatic rings. The average Bonchev–Trinajstić information content (AvgIpc) is 3.25. The number of likely N-dealkylation sites (tertiary alicyclic amines) is 1. The van der Waals surface area contributed by atoms with Crippen molar-refractivity contribution in [2.75, 3.05) is 13.1 Å². The summed E-state index contributed by atoms with van der Waals surface area (Å²) in [4.78, 5) is 15.1. The van der Waals surface area contributed by atoms with Crippen LogP contribution < -0.4 is 5.73 Å². The zero-order valence-corrected chi connectivity index (χ0v) is 15.7. The lowest BCUT2D eigenvalue weighted by atomic mass is 9.91. The fraction of sp³-hybridized carbons (Fsp3) is 0.524. The van der Waals surface area contributed by atoms with Crippen LogP contribution in [-0.4, -0.2) is 39.7 Å². The van der Waals surface area contributed by atoms with Crippen molar-refractivity contribution in [3.05, 3.63) is 46.8 Å². The third-order valence-electron chi connectivity index (χ3n) is 5.98. The molecule has 0 radical (unpaired) electrons. The average molecular weight is 352 g/mol. The molecule has 1 aromatic carbocycles. The molecule has 2 N–H and O–H groups in total. The molecular weight excluding hydrogens is 324 g/mol. The molecule has 26 heavy (non-hydrogen) atoms. The lowest BCUT2D eigenvalue weighted by Gasteiger charge is -2.33. The summed E-state index contributed by atoms with van der Waals surface area (Å²) in [5, 5.41) is 4.76. The van der Waals surface area contributed by atoms with E-state index < -0.39 is 0 Å². The lowest BCUT2D eigenvalue weighted by molar-refractivity contribution is 0.0673. The van der Waals surface area contributed by atoms with Crippen LogP contribution >= 0.6 is 0 Å². The van der Waals surface area contributed by atoms with Crippen LogP contribution in [0.25, 0.3) is 5.69 Å². The Labute approximate surface area is 155 Å². The number of benzene rings is 1. The standard InChI is InChI=1S/C21H28N4O/c1-14-6-8-17(9-7-14)25-19-5-3-4-18(19)20(23-25)21(26)24-12-10-16(11-13-24)15(2)22/h6-9,15-16H,3-5,10-13,22H2,1-2H3. The van der Waals surface area contributed by atoms with E-state index in [0.29, 0.717) is 11.6 Å². The first kappa shape index (κ1) is 17.3. The van der Waals surface area contributed by atoms with Gasteiger partial charge in [0.05, 0.1) is 5.69 Å². The number of nitrogens with zero attached hydrogens (tertiary/aromatic N) is 3. The molecule has 1 unspecified atom stereocenters. The minimum absolute atomic E-state index is 0.0946. The minimum Gasteiger partial charge on any atom is -0.337 e. The molecule has 1 aromatic heterocycles. The van der Waals surface area contributed by atoms with Gasteiger partial charge in [0.1, 0.15) is 0 Å². The zero-order chi connectivity index (χ0) is 18.3. The molecule has 1 amide bonds. The van der Waals surface area contributed by atoms with E-state index in [-0.39, 0.29) is 11.9 Å². The van der Waals surface area contributed by atoms with Gasteiger partial charge in [0.15, 0.2) is 5.69 Å². The number of carbonyl (C=O) groups excluding carboxylic acids is 1. The largest absolute Gasteiger partial charge is 0.337 e. The maximum Gasteiger partial charge on any atom is 0.274 e. The first-order chi connectivity index (χ1) is 12.5. The topological polar surface area (TPSA) is 64.2 Å². The van der Waals surface area contributed by atoms with Gasteiger partial charge in [-0.05, 0) is 64.0 Å². The van der Waals surface area contributed by atoms with E-state index in [2.05, 4.69) is 38.1 Å². The highest BCUT2D eigenvalue weighted by Crippen LogP contribution is 2.30. The fourth-order valence-electron chi connectivity index (χ4n) is 4.29. The molecule has 2 aliphatic rings. The van der Waals surface area contributed by atoms with Crippen LogP contribution in [-0.2, 0) is 12.8 Å². The third kappa shape index (κ3) is 3.05. The second kappa shape index (κ2) is 6.88. The number of hydrogen-bond donors (Lipinski definition) is 1. The van der Waals surface area contributed by atoms with Crippen molar-refractivity contribution < 1.29 is 4.79 Å². The van der Waals surface area contributed by atoms with E-state index in [4.69, 9.17) is 10.8 Å². The summed E-state index contributed by atoms with van der Waals surface area (Å²) in [6.07, 6.45) is 5.04. The van der Waals surface area contributed by atoms with E-state index >= 15 is 0 Å². The number of carbonyl (C=O) groups is 1. The van der Waals surface area contributed by atoms with Gasteiger partial charge in [-0.2, -0.15) is 5.10 Å². The Morgan fingerprint density at radius 2 is 1.88 bits per heavy atom. The maximum atomic E-state index is 13.2. The van der Waals surface area contributed by atoms with Crippen LogP contribution in [0, 0.1) is 12.8 Å². The van der Waals surface area contributed by atoms with Crippen LogP contribution in [0.2, 0.25) is 0 Å². The van der Waals surface area contributed by atoms with Crippen LogP contribution in [0.5, 0.6) is 0 Å². The molecular formula is C21H28N4O. The molecule has 4 rings (SSSR count). The number of fused-ring (bicyclic) bond motifs is 1. The van der Waals surface area contributed by atoms with Gasteiger partial charge in [0.2, 0.25) is 0 Å². The van der Waals surface area contributed by atoms with Crippen molar-refractivity contribution in [2.24, 2.45) is 11.7 Å². The number of hydrogen-bond acceptors (Lipinski definition) is 3. The maximum absolute atomic E-state index is 13.2. The second-order valence-electron chi connectivity index (χ2n) is 7.86. The normalized spacial score (nSPS) is 18.8. The smallest absolute Gasteiger partial charge is 0.274 e. The molecule has 0 spiro atoms. The molecule has 1 aliphatic carbocycles. The summed E-state index contributed by atoms with van der Waals surface area (Å²) in [5.74, 6) is 0.618. The number of nitrogens with two attached hydrogens (primary N) is 1. The number of amides is 1. The zero-order valence-electron chi connectivity index (χ0n) is 15.7. The summed E-state index contributed by atoms with van der Waals surface area (Å²) in [6.45, 7) is 5.73. The van der Waals surface area contributed by atoms with E-state index in [0.717, 1.165) is 56.4 Å². The van der Waals surface area contributed by atoms with Gasteiger partial charge in [0.25, 0.3) is 5.91 Å². The van der Waals surface area contributed by atoms with Crippen LogP contribution in [0.15, 0.2) is 24.3 Å². The third-order valence-corrected chi connectivity index (χ3v) is 5.98. The van der Waals surface area contributed by atoms with Gasteiger partial charge in [0, 0.05) is 30.4 Å². The van der Waals surface area contributed by atoms with Gasteiger partial charge < -0.3 is 10.6 Å². The summed E-state index contributed by atoms with van der Waals surface area (Å²) < 4.78 is 1.99. The Morgan fingerprint density at radius 3 is 2.54 bits per heavy atom. The molecule has 2 heterocycles. The van der Waals surface area contributed by atoms with E-state index in [1.807, 2.05) is 9.58 Å². The van der Waals surface area contributed by atoms with Crippen molar-refractivity contribution in [3.63, 3.8) is 0 Å². The number of aromatic nitrogens is 2. The van der Waals surface area contributed by atoms with Crippen LogP contribution in [0.4, 0.5) is 0 Å². The monoisotopic (exact) mass is 352 g/mol. The van der Waals surface area contributed by atoms with Crippen molar-refractivity contribution in [2.45, 2.75) is 52.0 Å². The Hall–Kier alpha value is -2.14. The summed E-state index contributed by atoms with van der Waals surface area (Å²) in [5.41, 5.74) is 11.3. The molecule has 1 aliphatic heterocycles. The van der Waals surface area contributed by atoms with Gasteiger partial charge >= 0.3 is 0 Å². The first-order valence-electron chi connectivity index (χ1n) is 9.77. The predicted octanol–water partition coefficient (Wildman–Crippen LogP) is 2.87. The molecule has 138 valence electrons. The summed E-state index contributed by atoms with van der Waals surface area (Å²) in [6, 6.07) is 8.57. The SMILES string of the molecule is Cc1ccc(-n2nc(C(=O)N3CCC(C(C)N)CC3)c3c2CCC3)cc1. The summed E-state index contributed by atoms with van der Waals surface area (Å²) in [7, 11) is 0. The predicted molar refractivity (Wildman–Crippen MR) is 103 cm³/mol. The van der Waals surface area contributed by atoms with Crippen LogP contribution in [0.3, 0.4) is 0 Å². The fourth-order valence-corrected chi connectivity index (χ4v) is 4.29. The second-order valence-corrected chi connectivity index (χ2v) is 7.86. The van der Waals surface area contributed by atoms with Crippen molar-refractivity contribution in [1.29, 1.82) is 0 Å². The van der Waals surface area contributed by atoms with E-state index in [9.17, 15) is 4.79 Å². The molecule has 0 saturated carbocycles. The Kier molecular flexibility index (Phi) is 4.57. The highest BCUT2D eigenvalue weighted by molar-refractivity contribution is 5.94. The van der Waals surface area contributed by atoms with Crippen LogP contribution in [0.1, 0.15) is 53.5 Å². The minimum atomic E-state index is 0.0946. The Bertz CT molecular complexity index is 798. The molecule has 5 nitrogen and oxygen atoms in total.